The normalized spacial score (nSPS) is 15.2. The molecule has 36 heavy (non-hydrogen) atoms. The Kier molecular flexibility index (Phi) is 6.53. The molecule has 0 saturated heterocycles. The molecule has 0 saturated carbocycles. The predicted molar refractivity (Wildman–Crippen MR) is 139 cm³/mol. The summed E-state index contributed by atoms with van der Waals surface area (Å²) in [6, 6.07) is 19.5. The number of nitrogens with zero attached hydrogens (tertiary/aromatic N) is 1. The van der Waals surface area contributed by atoms with Crippen LogP contribution in [-0.2, 0) is 21.2 Å². The van der Waals surface area contributed by atoms with Crippen LogP contribution in [0, 0.1) is 0 Å². The zero-order valence-corrected chi connectivity index (χ0v) is 20.8. The molecule has 0 radical (unpaired) electrons. The summed E-state index contributed by atoms with van der Waals surface area (Å²) in [4.78, 5) is 25.8. The first-order valence-corrected chi connectivity index (χ1v) is 13.9. The van der Waals surface area contributed by atoms with Crippen LogP contribution in [0.1, 0.15) is 42.9 Å². The van der Waals surface area contributed by atoms with Crippen LogP contribution in [0.25, 0.3) is 21.9 Å². The minimum Gasteiger partial charge on any atom is -0.494 e. The van der Waals surface area contributed by atoms with Crippen molar-refractivity contribution in [2.75, 3.05) is 12.9 Å². The Balaban J connectivity index is 1.20. The Hall–Kier alpha value is -3.65. The van der Waals surface area contributed by atoms with E-state index < -0.39 is 22.0 Å². The number of hydrogen-bond donors (Lipinski definition) is 0. The molecule has 1 amide bonds. The molecule has 0 bridgehead atoms. The molecule has 1 aliphatic carbocycles. The standard InChI is InChI=1S/C28H27NO6S/c1-36(32,33)29(24-15-13-19-8-2-3-9-21(19)24)27(30)12-6-7-17-34-20-14-16-26-23(18-20)28(31)22-10-4-5-11-25(22)35-26/h2-5,8-11,14,16,18,24H,6-7,12-13,15,17H2,1H3. The van der Waals surface area contributed by atoms with Crippen molar-refractivity contribution in [2.45, 2.75) is 38.1 Å². The third-order valence-corrected chi connectivity index (χ3v) is 7.76. The van der Waals surface area contributed by atoms with Gasteiger partial charge in [-0.15, -0.1) is 0 Å². The molecular weight excluding hydrogens is 478 g/mol. The summed E-state index contributed by atoms with van der Waals surface area (Å²) in [7, 11) is -3.70. The third kappa shape index (κ3) is 4.73. The van der Waals surface area contributed by atoms with Gasteiger partial charge in [-0.05, 0) is 67.1 Å². The summed E-state index contributed by atoms with van der Waals surface area (Å²) < 4.78 is 37.7. The van der Waals surface area contributed by atoms with Gasteiger partial charge in [0.25, 0.3) is 0 Å². The highest BCUT2D eigenvalue weighted by molar-refractivity contribution is 7.88. The van der Waals surface area contributed by atoms with Crippen LogP contribution in [0.3, 0.4) is 0 Å². The van der Waals surface area contributed by atoms with Crippen molar-refractivity contribution in [1.29, 1.82) is 0 Å². The first kappa shape index (κ1) is 24.1. The number of rotatable bonds is 8. The number of carbonyl (C=O) groups is 1. The van der Waals surface area contributed by atoms with Crippen LogP contribution in [-0.4, -0.2) is 31.5 Å². The van der Waals surface area contributed by atoms with E-state index in [1.807, 2.05) is 30.3 Å². The highest BCUT2D eigenvalue weighted by Crippen LogP contribution is 2.37. The summed E-state index contributed by atoms with van der Waals surface area (Å²) in [5.74, 6) is 0.145. The molecule has 1 unspecified atom stereocenters. The fraction of sp³-hybridized carbons (Fsp3) is 0.286. The Morgan fingerprint density at radius 3 is 2.58 bits per heavy atom. The molecule has 3 aromatic carbocycles. The molecule has 0 aliphatic heterocycles. The van der Waals surface area contributed by atoms with E-state index in [-0.39, 0.29) is 11.8 Å². The highest BCUT2D eigenvalue weighted by atomic mass is 32.2. The van der Waals surface area contributed by atoms with Crippen molar-refractivity contribution in [3.63, 3.8) is 0 Å². The first-order valence-electron chi connectivity index (χ1n) is 12.0. The average molecular weight is 506 g/mol. The Bertz CT molecular complexity index is 1610. The molecule has 186 valence electrons. The van der Waals surface area contributed by atoms with Crippen molar-refractivity contribution in [1.82, 2.24) is 4.31 Å². The van der Waals surface area contributed by atoms with Crippen LogP contribution in [0.15, 0.2) is 75.9 Å². The fourth-order valence-electron chi connectivity index (χ4n) is 4.92. The van der Waals surface area contributed by atoms with Crippen LogP contribution >= 0.6 is 0 Å². The van der Waals surface area contributed by atoms with E-state index in [0.29, 0.717) is 53.6 Å². The van der Waals surface area contributed by atoms with Gasteiger partial charge in [0.1, 0.15) is 16.9 Å². The maximum Gasteiger partial charge on any atom is 0.236 e. The second-order valence-electron chi connectivity index (χ2n) is 9.10. The van der Waals surface area contributed by atoms with Crippen molar-refractivity contribution in [3.05, 3.63) is 88.1 Å². The zero-order valence-electron chi connectivity index (χ0n) is 20.0. The van der Waals surface area contributed by atoms with E-state index in [4.69, 9.17) is 9.15 Å². The van der Waals surface area contributed by atoms with Crippen LogP contribution in [0.4, 0.5) is 0 Å². The van der Waals surface area contributed by atoms with Crippen molar-refractivity contribution in [3.8, 4) is 5.75 Å². The summed E-state index contributed by atoms with van der Waals surface area (Å²) in [6.07, 6.45) is 3.62. The van der Waals surface area contributed by atoms with Crippen LogP contribution in [0.5, 0.6) is 5.75 Å². The molecule has 7 nitrogen and oxygen atoms in total. The summed E-state index contributed by atoms with van der Waals surface area (Å²) in [6.45, 7) is 0.336. The second-order valence-corrected chi connectivity index (χ2v) is 11.0. The maximum atomic E-state index is 13.0. The van der Waals surface area contributed by atoms with E-state index in [9.17, 15) is 18.0 Å². The van der Waals surface area contributed by atoms with Gasteiger partial charge in [-0.3, -0.25) is 9.59 Å². The number of para-hydroxylation sites is 1. The Morgan fingerprint density at radius 2 is 1.75 bits per heavy atom. The molecule has 1 aromatic heterocycles. The minimum absolute atomic E-state index is 0.113. The summed E-state index contributed by atoms with van der Waals surface area (Å²) in [5, 5.41) is 0.961. The smallest absolute Gasteiger partial charge is 0.236 e. The molecule has 4 aromatic rings. The predicted octanol–water partition coefficient (Wildman–Crippen LogP) is 4.97. The van der Waals surface area contributed by atoms with E-state index >= 15 is 0 Å². The molecule has 0 N–H and O–H groups in total. The number of sulfonamides is 1. The number of hydrogen-bond acceptors (Lipinski definition) is 6. The number of amides is 1. The second kappa shape index (κ2) is 9.78. The molecule has 0 spiro atoms. The van der Waals surface area contributed by atoms with Crippen molar-refractivity contribution < 1.29 is 22.4 Å². The Labute approximate surface area is 209 Å². The van der Waals surface area contributed by atoms with Gasteiger partial charge in [0.05, 0.1) is 29.7 Å². The van der Waals surface area contributed by atoms with E-state index in [1.165, 1.54) is 0 Å². The van der Waals surface area contributed by atoms with E-state index in [2.05, 4.69) is 0 Å². The van der Waals surface area contributed by atoms with Gasteiger partial charge >= 0.3 is 0 Å². The third-order valence-electron chi connectivity index (χ3n) is 6.59. The average Bonchev–Trinajstić information content (AvgIpc) is 3.27. The zero-order chi connectivity index (χ0) is 25.3. The lowest BCUT2D eigenvalue weighted by molar-refractivity contribution is -0.128. The molecule has 0 fully saturated rings. The largest absolute Gasteiger partial charge is 0.494 e. The topological polar surface area (TPSA) is 93.9 Å². The number of aryl methyl sites for hydroxylation is 1. The molecular formula is C28H27NO6S. The Morgan fingerprint density at radius 1 is 1.00 bits per heavy atom. The first-order chi connectivity index (χ1) is 17.3. The number of fused-ring (bicyclic) bond motifs is 3. The monoisotopic (exact) mass is 505 g/mol. The van der Waals surface area contributed by atoms with Crippen LogP contribution < -0.4 is 10.2 Å². The van der Waals surface area contributed by atoms with Crippen LogP contribution in [0.2, 0.25) is 0 Å². The number of ether oxygens (including phenoxy) is 1. The minimum atomic E-state index is -3.70. The van der Waals surface area contributed by atoms with E-state index in [0.717, 1.165) is 28.1 Å². The fourth-order valence-corrected chi connectivity index (χ4v) is 6.06. The van der Waals surface area contributed by atoms with Gasteiger partial charge in [0.15, 0.2) is 0 Å². The quantitative estimate of drug-likeness (QED) is 0.248. The van der Waals surface area contributed by atoms with Crippen molar-refractivity contribution in [2.24, 2.45) is 0 Å². The highest BCUT2D eigenvalue weighted by Gasteiger charge is 2.36. The summed E-state index contributed by atoms with van der Waals surface area (Å²) in [5.41, 5.74) is 2.92. The maximum absolute atomic E-state index is 13.0. The van der Waals surface area contributed by atoms with Crippen molar-refractivity contribution >= 4 is 37.9 Å². The van der Waals surface area contributed by atoms with Gasteiger partial charge in [-0.25, -0.2) is 12.7 Å². The number of benzene rings is 3. The molecule has 8 heteroatoms. The van der Waals surface area contributed by atoms with Gasteiger partial charge < -0.3 is 9.15 Å². The lowest BCUT2D eigenvalue weighted by Gasteiger charge is -2.27. The number of carbonyl (C=O) groups excluding carboxylic acids is 1. The van der Waals surface area contributed by atoms with E-state index in [1.54, 1.807) is 36.4 Å². The SMILES string of the molecule is CS(=O)(=O)N(C(=O)CCCCOc1ccc2oc3ccccc3c(=O)c2c1)C1CCc2ccccc21. The molecule has 1 atom stereocenters. The lowest BCUT2D eigenvalue weighted by Crippen LogP contribution is -2.38. The van der Waals surface area contributed by atoms with Gasteiger partial charge in [-0.2, -0.15) is 0 Å². The summed E-state index contributed by atoms with van der Waals surface area (Å²) >= 11 is 0. The number of unbranched alkanes of at least 4 members (excludes halogenated alkanes) is 1. The van der Waals surface area contributed by atoms with Gasteiger partial charge in [-0.1, -0.05) is 36.4 Å². The molecule has 1 aliphatic rings. The van der Waals surface area contributed by atoms with Gasteiger partial charge in [0, 0.05) is 6.42 Å². The van der Waals surface area contributed by atoms with Gasteiger partial charge in [0.2, 0.25) is 21.4 Å². The molecule has 1 heterocycles. The lowest BCUT2D eigenvalue weighted by atomic mass is 10.1. The molecule has 5 rings (SSSR count).